The average molecular weight is 273 g/mol. The van der Waals surface area contributed by atoms with Crippen molar-refractivity contribution in [2.24, 2.45) is 0 Å². The smallest absolute Gasteiger partial charge is 0.123 e. The second-order valence-corrected chi connectivity index (χ2v) is 5.49. The van der Waals surface area contributed by atoms with Crippen LogP contribution in [0.4, 0.5) is 4.39 Å². The molecular formula is C16H20FN3. The first-order valence-electron chi connectivity index (χ1n) is 7.28. The van der Waals surface area contributed by atoms with E-state index in [4.69, 9.17) is 0 Å². The summed E-state index contributed by atoms with van der Waals surface area (Å²) in [7, 11) is 0. The molecule has 106 valence electrons. The summed E-state index contributed by atoms with van der Waals surface area (Å²) < 4.78 is 13.0. The van der Waals surface area contributed by atoms with Gasteiger partial charge >= 0.3 is 0 Å². The van der Waals surface area contributed by atoms with Gasteiger partial charge in [-0.3, -0.25) is 4.90 Å². The standard InChI is InChI=1S/C16H20FN3/c17-14-6-4-13(5-7-14)11-15-3-1-2-10-20(15)12-16-18-8-9-19-16/h4-9,15H,1-3,10-12H2,(H,18,19). The number of nitrogens with zero attached hydrogens (tertiary/aromatic N) is 2. The zero-order valence-electron chi connectivity index (χ0n) is 11.6. The third-order valence-corrected chi connectivity index (χ3v) is 4.04. The monoisotopic (exact) mass is 273 g/mol. The Morgan fingerprint density at radius 2 is 2.10 bits per heavy atom. The molecule has 0 amide bonds. The molecular weight excluding hydrogens is 253 g/mol. The lowest BCUT2D eigenvalue weighted by Crippen LogP contribution is -2.40. The van der Waals surface area contributed by atoms with E-state index in [1.807, 2.05) is 18.3 Å². The number of halogens is 1. The van der Waals surface area contributed by atoms with Crippen LogP contribution < -0.4 is 0 Å². The number of rotatable bonds is 4. The van der Waals surface area contributed by atoms with Crippen molar-refractivity contribution >= 4 is 0 Å². The summed E-state index contributed by atoms with van der Waals surface area (Å²) in [5.41, 5.74) is 1.21. The summed E-state index contributed by atoms with van der Waals surface area (Å²) in [6, 6.07) is 7.42. The minimum Gasteiger partial charge on any atom is -0.348 e. The van der Waals surface area contributed by atoms with Gasteiger partial charge in [-0.05, 0) is 43.5 Å². The molecule has 1 fully saturated rings. The Bertz CT molecular complexity index is 521. The maximum atomic E-state index is 13.0. The fraction of sp³-hybridized carbons (Fsp3) is 0.438. The highest BCUT2D eigenvalue weighted by Gasteiger charge is 2.23. The topological polar surface area (TPSA) is 31.9 Å². The first-order chi connectivity index (χ1) is 9.81. The molecule has 0 bridgehead atoms. The van der Waals surface area contributed by atoms with Crippen LogP contribution in [0.5, 0.6) is 0 Å². The largest absolute Gasteiger partial charge is 0.348 e. The summed E-state index contributed by atoms with van der Waals surface area (Å²) in [6.07, 6.45) is 8.39. The Morgan fingerprint density at radius 1 is 1.25 bits per heavy atom. The number of likely N-dealkylation sites (tertiary alicyclic amines) is 1. The SMILES string of the molecule is Fc1ccc(CC2CCCCN2Cc2ncc[nH]2)cc1. The molecule has 2 heterocycles. The summed E-state index contributed by atoms with van der Waals surface area (Å²) in [5.74, 6) is 0.862. The summed E-state index contributed by atoms with van der Waals surface area (Å²) >= 11 is 0. The summed E-state index contributed by atoms with van der Waals surface area (Å²) in [5, 5.41) is 0. The van der Waals surface area contributed by atoms with Gasteiger partial charge in [0.2, 0.25) is 0 Å². The van der Waals surface area contributed by atoms with Crippen LogP contribution in [-0.4, -0.2) is 27.5 Å². The van der Waals surface area contributed by atoms with E-state index >= 15 is 0 Å². The Hall–Kier alpha value is -1.68. The molecule has 1 N–H and O–H groups in total. The average Bonchev–Trinajstić information content (AvgIpc) is 2.96. The lowest BCUT2D eigenvalue weighted by molar-refractivity contribution is 0.136. The van der Waals surface area contributed by atoms with Crippen molar-refractivity contribution in [3.05, 3.63) is 53.9 Å². The van der Waals surface area contributed by atoms with E-state index < -0.39 is 0 Å². The van der Waals surface area contributed by atoms with Crippen LogP contribution in [0, 0.1) is 5.82 Å². The van der Waals surface area contributed by atoms with Crippen molar-refractivity contribution in [3.63, 3.8) is 0 Å². The Morgan fingerprint density at radius 3 is 2.85 bits per heavy atom. The van der Waals surface area contributed by atoms with E-state index in [2.05, 4.69) is 14.9 Å². The van der Waals surface area contributed by atoms with Gasteiger partial charge in [-0.2, -0.15) is 0 Å². The van der Waals surface area contributed by atoms with Gasteiger partial charge < -0.3 is 4.98 Å². The number of aromatic amines is 1. The van der Waals surface area contributed by atoms with E-state index in [0.717, 1.165) is 25.3 Å². The second kappa shape index (κ2) is 6.18. The van der Waals surface area contributed by atoms with Crippen LogP contribution >= 0.6 is 0 Å². The maximum absolute atomic E-state index is 13.0. The van der Waals surface area contributed by atoms with Crippen molar-refractivity contribution in [3.8, 4) is 0 Å². The van der Waals surface area contributed by atoms with Crippen molar-refractivity contribution in [1.82, 2.24) is 14.9 Å². The van der Waals surface area contributed by atoms with Gasteiger partial charge in [-0.25, -0.2) is 9.37 Å². The Balaban J connectivity index is 1.67. The number of aromatic nitrogens is 2. The van der Waals surface area contributed by atoms with Gasteiger partial charge in [0.25, 0.3) is 0 Å². The van der Waals surface area contributed by atoms with Gasteiger partial charge in [0.1, 0.15) is 11.6 Å². The molecule has 1 unspecified atom stereocenters. The fourth-order valence-corrected chi connectivity index (χ4v) is 2.97. The van der Waals surface area contributed by atoms with E-state index in [9.17, 15) is 4.39 Å². The first-order valence-corrected chi connectivity index (χ1v) is 7.28. The molecule has 0 spiro atoms. The van der Waals surface area contributed by atoms with Crippen LogP contribution in [0.15, 0.2) is 36.7 Å². The minimum atomic E-state index is -0.162. The highest BCUT2D eigenvalue weighted by molar-refractivity contribution is 5.17. The van der Waals surface area contributed by atoms with Crippen LogP contribution in [0.1, 0.15) is 30.7 Å². The third kappa shape index (κ3) is 3.25. The fourth-order valence-electron chi connectivity index (χ4n) is 2.97. The molecule has 1 aliphatic rings. The van der Waals surface area contributed by atoms with Gasteiger partial charge in [0, 0.05) is 18.4 Å². The molecule has 0 saturated carbocycles. The van der Waals surface area contributed by atoms with E-state index in [1.54, 1.807) is 18.3 Å². The number of hydrogen-bond acceptors (Lipinski definition) is 2. The first kappa shape index (κ1) is 13.3. The quantitative estimate of drug-likeness (QED) is 0.928. The van der Waals surface area contributed by atoms with Crippen molar-refractivity contribution in [2.45, 2.75) is 38.3 Å². The highest BCUT2D eigenvalue weighted by Crippen LogP contribution is 2.22. The molecule has 0 aliphatic carbocycles. The van der Waals surface area contributed by atoms with Crippen LogP contribution in [0.2, 0.25) is 0 Å². The molecule has 3 rings (SSSR count). The number of nitrogens with one attached hydrogen (secondary N) is 1. The zero-order chi connectivity index (χ0) is 13.8. The van der Waals surface area contributed by atoms with Crippen LogP contribution in [-0.2, 0) is 13.0 Å². The summed E-state index contributed by atoms with van der Waals surface area (Å²) in [4.78, 5) is 9.98. The lowest BCUT2D eigenvalue weighted by Gasteiger charge is -2.35. The van der Waals surface area contributed by atoms with Crippen molar-refractivity contribution in [1.29, 1.82) is 0 Å². The van der Waals surface area contributed by atoms with E-state index in [-0.39, 0.29) is 5.82 Å². The van der Waals surface area contributed by atoms with Crippen LogP contribution in [0.3, 0.4) is 0 Å². The van der Waals surface area contributed by atoms with Gasteiger partial charge in [-0.15, -0.1) is 0 Å². The van der Waals surface area contributed by atoms with Crippen molar-refractivity contribution < 1.29 is 4.39 Å². The number of imidazole rings is 1. The normalized spacial score (nSPS) is 20.1. The van der Waals surface area contributed by atoms with E-state index in [1.165, 1.54) is 24.8 Å². The molecule has 4 heteroatoms. The zero-order valence-corrected chi connectivity index (χ0v) is 11.6. The van der Waals surface area contributed by atoms with Gasteiger partial charge in [0.05, 0.1) is 6.54 Å². The number of benzene rings is 1. The molecule has 1 saturated heterocycles. The number of piperidine rings is 1. The second-order valence-electron chi connectivity index (χ2n) is 5.49. The maximum Gasteiger partial charge on any atom is 0.123 e. The molecule has 1 aliphatic heterocycles. The molecule has 20 heavy (non-hydrogen) atoms. The Labute approximate surface area is 118 Å². The molecule has 2 aromatic rings. The highest BCUT2D eigenvalue weighted by atomic mass is 19.1. The molecule has 3 nitrogen and oxygen atoms in total. The number of hydrogen-bond donors (Lipinski definition) is 1. The molecule has 0 radical (unpaired) electrons. The Kier molecular flexibility index (Phi) is 4.11. The summed E-state index contributed by atoms with van der Waals surface area (Å²) in [6.45, 7) is 1.99. The minimum absolute atomic E-state index is 0.162. The van der Waals surface area contributed by atoms with Gasteiger partial charge in [-0.1, -0.05) is 18.6 Å². The lowest BCUT2D eigenvalue weighted by atomic mass is 9.95. The number of H-pyrrole nitrogens is 1. The van der Waals surface area contributed by atoms with Crippen LogP contribution in [0.25, 0.3) is 0 Å². The molecule has 1 aromatic heterocycles. The van der Waals surface area contributed by atoms with Crippen molar-refractivity contribution in [2.75, 3.05) is 6.54 Å². The molecule has 1 aromatic carbocycles. The predicted octanol–water partition coefficient (Wildman–Crippen LogP) is 3.15. The van der Waals surface area contributed by atoms with Gasteiger partial charge in [0.15, 0.2) is 0 Å². The third-order valence-electron chi connectivity index (χ3n) is 4.04. The van der Waals surface area contributed by atoms with E-state index in [0.29, 0.717) is 6.04 Å². The molecule has 1 atom stereocenters. The predicted molar refractivity (Wildman–Crippen MR) is 76.7 cm³/mol.